The van der Waals surface area contributed by atoms with Crippen molar-refractivity contribution in [3.8, 4) is 0 Å². The number of imidazole rings is 1. The molecule has 0 aliphatic heterocycles. The molecule has 1 heterocycles. The molecule has 1 rings (SSSR count). The number of aromatic nitrogens is 2. The number of carboxylic acid groups (broad SMARTS) is 1. The summed E-state index contributed by atoms with van der Waals surface area (Å²) >= 11 is 0. The number of hydrogen-bond donors (Lipinski definition) is 9. The number of aliphatic carboxylic acids is 1. The van der Waals surface area contributed by atoms with Gasteiger partial charge in [0.15, 0.2) is 5.96 Å². The highest BCUT2D eigenvalue weighted by atomic mass is 16.4. The number of nitrogens with two attached hydrogens (primary N) is 3. The summed E-state index contributed by atoms with van der Waals surface area (Å²) in [4.78, 5) is 59.0. The maximum Gasteiger partial charge on any atom is 0.326 e. The van der Waals surface area contributed by atoms with Crippen LogP contribution in [0.1, 0.15) is 25.5 Å². The van der Waals surface area contributed by atoms with Crippen molar-refractivity contribution in [1.82, 2.24) is 25.9 Å². The van der Waals surface area contributed by atoms with Crippen molar-refractivity contribution in [2.45, 2.75) is 50.4 Å². The normalized spacial score (nSPS) is 14.3. The number of carbonyl (C=O) groups is 4. The van der Waals surface area contributed by atoms with E-state index in [0.29, 0.717) is 12.1 Å². The van der Waals surface area contributed by atoms with E-state index in [1.165, 1.54) is 19.4 Å². The van der Waals surface area contributed by atoms with Crippen molar-refractivity contribution < 1.29 is 29.4 Å². The third kappa shape index (κ3) is 9.96. The van der Waals surface area contributed by atoms with Gasteiger partial charge in [0, 0.05) is 24.9 Å². The van der Waals surface area contributed by atoms with Crippen LogP contribution in [0.15, 0.2) is 17.5 Å². The molecular weight excluding hydrogens is 438 g/mol. The Morgan fingerprint density at radius 3 is 2.21 bits per heavy atom. The van der Waals surface area contributed by atoms with Gasteiger partial charge >= 0.3 is 5.97 Å². The summed E-state index contributed by atoms with van der Waals surface area (Å²) in [5, 5.41) is 26.0. The molecule has 12 N–H and O–H groups in total. The number of aliphatic imine (C=N–C) groups is 1. The number of amides is 3. The first-order chi connectivity index (χ1) is 15.5. The van der Waals surface area contributed by atoms with Crippen molar-refractivity contribution in [2.75, 3.05) is 13.2 Å². The number of aromatic amines is 1. The van der Waals surface area contributed by atoms with Crippen molar-refractivity contribution in [2.24, 2.45) is 22.2 Å². The second-order valence-electron chi connectivity index (χ2n) is 7.22. The molecule has 0 bridgehead atoms. The molecule has 0 aromatic carbocycles. The molecule has 0 aliphatic carbocycles. The molecule has 0 aliphatic rings. The number of aliphatic hydroxyl groups is 1. The first-order valence-corrected chi connectivity index (χ1v) is 10.1. The zero-order valence-electron chi connectivity index (χ0n) is 18.2. The molecule has 0 saturated carbocycles. The first kappa shape index (κ1) is 27.3. The second-order valence-corrected chi connectivity index (χ2v) is 7.22. The minimum Gasteiger partial charge on any atom is -0.480 e. The molecular formula is C18H31N9O6. The Balaban J connectivity index is 2.82. The number of nitrogens with one attached hydrogen (secondary N) is 4. The van der Waals surface area contributed by atoms with Gasteiger partial charge in [-0.3, -0.25) is 19.4 Å². The Morgan fingerprint density at radius 1 is 1.09 bits per heavy atom. The summed E-state index contributed by atoms with van der Waals surface area (Å²) in [5.74, 6) is -3.75. The largest absolute Gasteiger partial charge is 0.480 e. The Bertz CT molecular complexity index is 823. The van der Waals surface area contributed by atoms with Crippen LogP contribution in [0, 0.1) is 0 Å². The number of nitrogens with zero attached hydrogens (tertiary/aromatic N) is 2. The highest BCUT2D eigenvalue weighted by Crippen LogP contribution is 2.02. The van der Waals surface area contributed by atoms with E-state index >= 15 is 0 Å². The van der Waals surface area contributed by atoms with E-state index in [2.05, 4.69) is 30.9 Å². The van der Waals surface area contributed by atoms with Crippen LogP contribution in [0.25, 0.3) is 0 Å². The van der Waals surface area contributed by atoms with E-state index in [9.17, 15) is 29.4 Å². The van der Waals surface area contributed by atoms with Gasteiger partial charge in [0.05, 0.1) is 19.0 Å². The third-order valence-electron chi connectivity index (χ3n) is 4.40. The predicted molar refractivity (Wildman–Crippen MR) is 116 cm³/mol. The number of aliphatic hydroxyl groups excluding tert-OH is 1. The first-order valence-electron chi connectivity index (χ1n) is 10.1. The van der Waals surface area contributed by atoms with Crippen LogP contribution in [0.4, 0.5) is 0 Å². The van der Waals surface area contributed by atoms with Crippen LogP contribution in [-0.2, 0) is 25.6 Å². The molecule has 4 unspecified atom stereocenters. The molecule has 3 amide bonds. The van der Waals surface area contributed by atoms with Gasteiger partial charge in [0.2, 0.25) is 17.7 Å². The average molecular weight is 470 g/mol. The lowest BCUT2D eigenvalue weighted by Gasteiger charge is -2.23. The third-order valence-corrected chi connectivity index (χ3v) is 4.40. The lowest BCUT2D eigenvalue weighted by atomic mass is 10.1. The van der Waals surface area contributed by atoms with Gasteiger partial charge in [-0.25, -0.2) is 9.78 Å². The van der Waals surface area contributed by atoms with Crippen LogP contribution in [-0.4, -0.2) is 87.2 Å². The van der Waals surface area contributed by atoms with E-state index < -0.39 is 54.5 Å². The molecule has 1 aromatic rings. The minimum atomic E-state index is -1.46. The molecule has 0 radical (unpaired) electrons. The smallest absolute Gasteiger partial charge is 0.326 e. The van der Waals surface area contributed by atoms with Crippen molar-refractivity contribution in [3.63, 3.8) is 0 Å². The fraction of sp³-hybridized carbons (Fsp3) is 0.556. The van der Waals surface area contributed by atoms with Gasteiger partial charge < -0.3 is 48.3 Å². The highest BCUT2D eigenvalue weighted by molar-refractivity contribution is 5.94. The molecule has 15 nitrogen and oxygen atoms in total. The summed E-state index contributed by atoms with van der Waals surface area (Å²) < 4.78 is 0. The lowest BCUT2D eigenvalue weighted by Crippen LogP contribution is -2.58. The van der Waals surface area contributed by atoms with Gasteiger partial charge in [0.1, 0.15) is 18.1 Å². The van der Waals surface area contributed by atoms with Crippen LogP contribution in [0.5, 0.6) is 0 Å². The van der Waals surface area contributed by atoms with Crippen LogP contribution in [0.3, 0.4) is 0 Å². The maximum atomic E-state index is 12.7. The number of rotatable bonds is 14. The van der Waals surface area contributed by atoms with Gasteiger partial charge in [0.25, 0.3) is 0 Å². The maximum absolute atomic E-state index is 12.7. The SMILES string of the molecule is CC(N)C(=O)NC(CCCN=C(N)N)C(=O)NC(CO)C(=O)NC(Cc1cnc[nH]1)C(=O)O. The summed E-state index contributed by atoms with van der Waals surface area (Å²) in [7, 11) is 0. The molecule has 0 fully saturated rings. The molecule has 0 saturated heterocycles. The molecule has 33 heavy (non-hydrogen) atoms. The monoisotopic (exact) mass is 469 g/mol. The Hall–Kier alpha value is -3.72. The summed E-state index contributed by atoms with van der Waals surface area (Å²) in [6, 6.07) is -4.79. The topological polar surface area (TPSA) is 264 Å². The van der Waals surface area contributed by atoms with Gasteiger partial charge in [-0.15, -0.1) is 0 Å². The number of carbonyl (C=O) groups excluding carboxylic acids is 3. The van der Waals surface area contributed by atoms with Crippen molar-refractivity contribution in [3.05, 3.63) is 18.2 Å². The zero-order chi connectivity index (χ0) is 25.0. The standard InChI is InChI=1S/C18H31N9O6/c1-9(19)14(29)25-11(3-2-4-23-18(20)21)15(30)27-13(7-28)16(31)26-12(17(32)33)5-10-6-22-8-24-10/h6,8-9,11-13,28H,2-5,7,19H2,1H3,(H,22,24)(H,25,29)(H,26,31)(H,27,30)(H,32,33)(H4,20,21,23). The quantitative estimate of drug-likeness (QED) is 0.0721. The number of hydrogen-bond acceptors (Lipinski definition) is 8. The van der Waals surface area contributed by atoms with Crippen LogP contribution >= 0.6 is 0 Å². The minimum absolute atomic E-state index is 0.0922. The van der Waals surface area contributed by atoms with Gasteiger partial charge in [-0.2, -0.15) is 0 Å². The molecule has 15 heteroatoms. The summed E-state index contributed by atoms with van der Waals surface area (Å²) in [6.07, 6.45) is 3.10. The molecule has 184 valence electrons. The predicted octanol–water partition coefficient (Wildman–Crippen LogP) is -4.12. The molecule has 1 aromatic heterocycles. The summed E-state index contributed by atoms with van der Waals surface area (Å²) in [5.41, 5.74) is 16.5. The summed E-state index contributed by atoms with van der Waals surface area (Å²) in [6.45, 7) is 0.813. The van der Waals surface area contributed by atoms with E-state index in [-0.39, 0.29) is 25.3 Å². The molecule has 0 spiro atoms. The number of H-pyrrole nitrogens is 1. The Kier molecular flexibility index (Phi) is 11.3. The Labute approximate surface area is 189 Å². The van der Waals surface area contributed by atoms with E-state index in [1.54, 1.807) is 0 Å². The number of guanidine groups is 1. The zero-order valence-corrected chi connectivity index (χ0v) is 18.2. The van der Waals surface area contributed by atoms with E-state index in [1.807, 2.05) is 0 Å². The molecule has 4 atom stereocenters. The van der Waals surface area contributed by atoms with Crippen molar-refractivity contribution in [1.29, 1.82) is 0 Å². The van der Waals surface area contributed by atoms with E-state index in [4.69, 9.17) is 17.2 Å². The Morgan fingerprint density at radius 2 is 1.70 bits per heavy atom. The van der Waals surface area contributed by atoms with E-state index in [0.717, 1.165) is 0 Å². The second kappa shape index (κ2) is 13.6. The van der Waals surface area contributed by atoms with Crippen LogP contribution < -0.4 is 33.2 Å². The average Bonchev–Trinajstić information content (AvgIpc) is 3.25. The highest BCUT2D eigenvalue weighted by Gasteiger charge is 2.29. The van der Waals surface area contributed by atoms with Gasteiger partial charge in [-0.1, -0.05) is 0 Å². The van der Waals surface area contributed by atoms with Crippen molar-refractivity contribution >= 4 is 29.7 Å². The fourth-order valence-corrected chi connectivity index (χ4v) is 2.63. The number of carboxylic acids is 1. The van der Waals surface area contributed by atoms with Crippen LogP contribution in [0.2, 0.25) is 0 Å². The fourth-order valence-electron chi connectivity index (χ4n) is 2.63. The lowest BCUT2D eigenvalue weighted by molar-refractivity contribution is -0.142. The van der Waals surface area contributed by atoms with Gasteiger partial charge in [-0.05, 0) is 19.8 Å².